The van der Waals surface area contributed by atoms with Crippen molar-refractivity contribution in [2.75, 3.05) is 23.9 Å². The fourth-order valence-electron chi connectivity index (χ4n) is 2.67. The molecule has 8 nitrogen and oxygen atoms in total. The molecule has 30 heavy (non-hydrogen) atoms. The number of unbranched alkanes of at least 4 members (excludes halogenated alkanes) is 2. The average Bonchev–Trinajstić information content (AvgIpc) is 2.66. The molecule has 2 aromatic rings. The molecular formula is C18H22Br2O8S2. The molecule has 2 rings (SSSR count). The Morgan fingerprint density at radius 3 is 1.43 bits per heavy atom. The van der Waals surface area contributed by atoms with Crippen LogP contribution in [0.25, 0.3) is 10.8 Å². The molecule has 0 amide bonds. The van der Waals surface area contributed by atoms with E-state index in [9.17, 15) is 25.9 Å². The molecule has 0 aliphatic heterocycles. The highest BCUT2D eigenvalue weighted by atomic mass is 79.9. The molecule has 0 saturated carbocycles. The largest absolute Gasteiger partial charge is 0.493 e. The van der Waals surface area contributed by atoms with Crippen molar-refractivity contribution in [1.29, 1.82) is 0 Å². The van der Waals surface area contributed by atoms with E-state index in [1.54, 1.807) is 0 Å². The number of alkyl halides is 2. The first kappa shape index (κ1) is 25.3. The second-order valence-electron chi connectivity index (χ2n) is 6.38. The van der Waals surface area contributed by atoms with Crippen molar-refractivity contribution in [1.82, 2.24) is 0 Å². The van der Waals surface area contributed by atoms with Crippen LogP contribution in [0.2, 0.25) is 0 Å². The Kier molecular flexibility index (Phi) is 9.37. The predicted molar refractivity (Wildman–Crippen MR) is 121 cm³/mol. The van der Waals surface area contributed by atoms with Crippen LogP contribution >= 0.6 is 31.9 Å². The van der Waals surface area contributed by atoms with E-state index in [0.29, 0.717) is 18.2 Å². The van der Waals surface area contributed by atoms with Gasteiger partial charge in [0.05, 0.1) is 28.4 Å². The van der Waals surface area contributed by atoms with Gasteiger partial charge in [-0.2, -0.15) is 16.8 Å². The highest BCUT2D eigenvalue weighted by Crippen LogP contribution is 2.39. The first-order chi connectivity index (χ1) is 14.1. The highest BCUT2D eigenvalue weighted by Gasteiger charge is 2.21. The van der Waals surface area contributed by atoms with Gasteiger partial charge in [-0.3, -0.25) is 9.11 Å². The minimum absolute atomic E-state index is 0.131. The Morgan fingerprint density at radius 2 is 1.10 bits per heavy atom. The van der Waals surface area contributed by atoms with Crippen molar-refractivity contribution in [3.8, 4) is 11.5 Å². The molecule has 0 fully saturated rings. The van der Waals surface area contributed by atoms with Crippen molar-refractivity contribution < 1.29 is 35.4 Å². The number of benzene rings is 2. The Morgan fingerprint density at radius 1 is 0.700 bits per heavy atom. The molecule has 0 heterocycles. The van der Waals surface area contributed by atoms with E-state index in [0.717, 1.165) is 35.6 Å². The molecule has 0 aliphatic carbocycles. The molecule has 0 aliphatic rings. The first-order valence-corrected chi connectivity index (χ1v) is 14.1. The lowest BCUT2D eigenvalue weighted by Gasteiger charge is -2.16. The van der Waals surface area contributed by atoms with Gasteiger partial charge in [0.1, 0.15) is 11.5 Å². The second kappa shape index (κ2) is 11.1. The molecule has 0 aromatic heterocycles. The van der Waals surface area contributed by atoms with Crippen molar-refractivity contribution in [2.24, 2.45) is 0 Å². The molecule has 0 saturated heterocycles. The molecule has 0 unspecified atom stereocenters. The average molecular weight is 590 g/mol. The lowest BCUT2D eigenvalue weighted by molar-refractivity contribution is 0.301. The van der Waals surface area contributed by atoms with Gasteiger partial charge >= 0.3 is 0 Å². The van der Waals surface area contributed by atoms with Gasteiger partial charge in [0.15, 0.2) is 0 Å². The summed E-state index contributed by atoms with van der Waals surface area (Å²) in [5.41, 5.74) is 0. The van der Waals surface area contributed by atoms with Crippen LogP contribution in [-0.4, -0.2) is 49.8 Å². The Hall–Kier alpha value is -0.920. The highest BCUT2D eigenvalue weighted by molar-refractivity contribution is 9.09. The summed E-state index contributed by atoms with van der Waals surface area (Å²) in [5.74, 6) is 0.263. The number of hydrogen-bond acceptors (Lipinski definition) is 6. The van der Waals surface area contributed by atoms with Gasteiger partial charge in [-0.05, 0) is 43.2 Å². The summed E-state index contributed by atoms with van der Waals surface area (Å²) in [5, 5.41) is 2.04. The maximum absolute atomic E-state index is 11.7. The van der Waals surface area contributed by atoms with Gasteiger partial charge in [-0.25, -0.2) is 0 Å². The first-order valence-electron chi connectivity index (χ1n) is 9.02. The third kappa shape index (κ3) is 7.06. The van der Waals surface area contributed by atoms with Gasteiger partial charge in [0, 0.05) is 22.8 Å². The lowest BCUT2D eigenvalue weighted by Crippen LogP contribution is -2.06. The van der Waals surface area contributed by atoms with Crippen LogP contribution in [-0.2, 0) is 20.2 Å². The number of hydrogen-bond donors (Lipinski definition) is 2. The Balaban J connectivity index is 2.66. The summed E-state index contributed by atoms with van der Waals surface area (Å²) in [6.07, 6.45) is 3.04. The molecule has 168 valence electrons. The maximum atomic E-state index is 11.7. The second-order valence-corrected chi connectivity index (χ2v) is 10.8. The normalized spacial score (nSPS) is 12.3. The van der Waals surface area contributed by atoms with E-state index in [1.165, 1.54) is 12.1 Å². The fourth-order valence-corrected chi connectivity index (χ4v) is 4.52. The molecule has 0 bridgehead atoms. The molecule has 0 spiro atoms. The van der Waals surface area contributed by atoms with Crippen molar-refractivity contribution in [3.63, 3.8) is 0 Å². The minimum Gasteiger partial charge on any atom is -0.493 e. The third-order valence-electron chi connectivity index (χ3n) is 4.09. The topological polar surface area (TPSA) is 127 Å². The Labute approximate surface area is 192 Å². The van der Waals surface area contributed by atoms with E-state index in [1.807, 2.05) is 0 Å². The molecule has 0 radical (unpaired) electrons. The van der Waals surface area contributed by atoms with Crippen LogP contribution in [0.15, 0.2) is 34.1 Å². The van der Waals surface area contributed by atoms with Gasteiger partial charge in [0.25, 0.3) is 20.2 Å². The van der Waals surface area contributed by atoms with E-state index in [2.05, 4.69) is 31.9 Å². The van der Waals surface area contributed by atoms with E-state index >= 15 is 0 Å². The summed E-state index contributed by atoms with van der Waals surface area (Å²) >= 11 is 6.64. The number of fused-ring (bicyclic) bond motifs is 1. The SMILES string of the molecule is O=S(=O)(O)c1cc(OCCCCBr)c2c(OCCCCBr)cc(S(=O)(=O)O)cc2c1. The van der Waals surface area contributed by atoms with Crippen molar-refractivity contribution >= 4 is 62.9 Å². The number of ether oxygens (including phenoxy) is 2. The van der Waals surface area contributed by atoms with E-state index in [4.69, 9.17) is 9.47 Å². The van der Waals surface area contributed by atoms with E-state index < -0.39 is 30.0 Å². The van der Waals surface area contributed by atoms with Gasteiger partial charge in [-0.15, -0.1) is 0 Å². The molecule has 2 aromatic carbocycles. The molecular weight excluding hydrogens is 568 g/mol. The minimum atomic E-state index is -4.58. The van der Waals surface area contributed by atoms with Gasteiger partial charge in [-0.1, -0.05) is 31.9 Å². The van der Waals surface area contributed by atoms with Crippen LogP contribution in [0.5, 0.6) is 11.5 Å². The summed E-state index contributed by atoms with van der Waals surface area (Å²) in [6.45, 7) is 0.553. The lowest BCUT2D eigenvalue weighted by atomic mass is 10.1. The fraction of sp³-hybridized carbons (Fsp3) is 0.444. The van der Waals surface area contributed by atoms with Crippen LogP contribution in [0, 0.1) is 0 Å². The van der Waals surface area contributed by atoms with Crippen LogP contribution in [0.1, 0.15) is 25.7 Å². The van der Waals surface area contributed by atoms with Crippen LogP contribution in [0.4, 0.5) is 0 Å². The number of rotatable bonds is 12. The maximum Gasteiger partial charge on any atom is 0.294 e. The summed E-state index contributed by atoms with van der Waals surface area (Å²) in [4.78, 5) is -0.911. The third-order valence-corrected chi connectivity index (χ3v) is 6.87. The zero-order chi connectivity index (χ0) is 22.4. The molecule has 2 N–H and O–H groups in total. The van der Waals surface area contributed by atoms with Crippen molar-refractivity contribution in [3.05, 3.63) is 24.3 Å². The standard InChI is InChI=1S/C18H22Br2O8S2/c19-5-1-3-7-27-16-11-14(29(21,22)23)9-13-10-15(30(24,25)26)12-17(18(13)16)28-8-4-2-6-20/h9-12H,1-8H2,(H,21,22,23)(H,24,25,26). The predicted octanol–water partition coefficient (Wildman–Crippen LogP) is 4.44. The van der Waals surface area contributed by atoms with Crippen LogP contribution in [0.3, 0.4) is 0 Å². The van der Waals surface area contributed by atoms with Crippen LogP contribution < -0.4 is 9.47 Å². The van der Waals surface area contributed by atoms with Crippen molar-refractivity contribution in [2.45, 2.75) is 35.5 Å². The number of halogens is 2. The van der Waals surface area contributed by atoms with E-state index in [-0.39, 0.29) is 30.1 Å². The summed E-state index contributed by atoms with van der Waals surface area (Å²) in [7, 11) is -9.17. The summed E-state index contributed by atoms with van der Waals surface area (Å²) in [6, 6.07) is 4.56. The zero-order valence-electron chi connectivity index (χ0n) is 15.9. The Bertz CT molecular complexity index is 1000. The molecule has 0 atom stereocenters. The van der Waals surface area contributed by atoms with Gasteiger partial charge < -0.3 is 9.47 Å². The quantitative estimate of drug-likeness (QED) is 0.211. The van der Waals surface area contributed by atoms with Gasteiger partial charge in [0.2, 0.25) is 0 Å². The summed E-state index contributed by atoms with van der Waals surface area (Å²) < 4.78 is 77.3. The monoisotopic (exact) mass is 588 g/mol. The zero-order valence-corrected chi connectivity index (χ0v) is 20.7. The smallest absolute Gasteiger partial charge is 0.294 e. The molecule has 12 heteroatoms.